The van der Waals surface area contributed by atoms with Gasteiger partial charge in [-0.3, -0.25) is 4.79 Å². The molecule has 148 valence electrons. The van der Waals surface area contributed by atoms with E-state index in [1.165, 1.54) is 0 Å². The van der Waals surface area contributed by atoms with E-state index >= 15 is 0 Å². The van der Waals surface area contributed by atoms with Crippen LogP contribution in [0.15, 0.2) is 54.6 Å². The first-order valence-corrected chi connectivity index (χ1v) is 9.64. The Hall–Kier alpha value is -2.95. The number of ether oxygens (including phenoxy) is 2. The van der Waals surface area contributed by atoms with E-state index in [1.54, 1.807) is 42.5 Å². The molecule has 0 fully saturated rings. The second kappa shape index (κ2) is 11.0. The Morgan fingerprint density at radius 3 is 2.18 bits per heavy atom. The third-order valence-corrected chi connectivity index (χ3v) is 4.22. The van der Waals surface area contributed by atoms with Crippen LogP contribution in [-0.4, -0.2) is 17.9 Å². The van der Waals surface area contributed by atoms with Crippen molar-refractivity contribution in [3.05, 3.63) is 71.3 Å². The highest BCUT2D eigenvalue weighted by atomic mass is 16.6. The highest BCUT2D eigenvalue weighted by Crippen LogP contribution is 2.21. The van der Waals surface area contributed by atoms with Gasteiger partial charge >= 0.3 is 17.9 Å². The van der Waals surface area contributed by atoms with Gasteiger partial charge in [0.15, 0.2) is 0 Å². The van der Waals surface area contributed by atoms with Crippen LogP contribution >= 0.6 is 0 Å². The molecule has 1 atom stereocenters. The minimum absolute atomic E-state index is 0.184. The molecule has 0 aromatic heterocycles. The van der Waals surface area contributed by atoms with Crippen molar-refractivity contribution in [2.45, 2.75) is 52.1 Å². The van der Waals surface area contributed by atoms with Crippen molar-refractivity contribution in [3.8, 4) is 0 Å². The van der Waals surface area contributed by atoms with E-state index in [1.807, 2.05) is 19.1 Å². The average molecular weight is 382 g/mol. The molecular weight excluding hydrogens is 356 g/mol. The third kappa shape index (κ3) is 6.34. The van der Waals surface area contributed by atoms with Crippen LogP contribution in [0.25, 0.3) is 0 Å². The molecule has 0 amide bonds. The van der Waals surface area contributed by atoms with Crippen molar-refractivity contribution in [3.63, 3.8) is 0 Å². The Morgan fingerprint density at radius 1 is 0.893 bits per heavy atom. The number of esters is 3. The van der Waals surface area contributed by atoms with Gasteiger partial charge in [-0.1, -0.05) is 62.7 Å². The molecule has 2 aromatic carbocycles. The summed E-state index contributed by atoms with van der Waals surface area (Å²) in [6.07, 6.45) is 2.62. The van der Waals surface area contributed by atoms with Gasteiger partial charge in [-0.2, -0.15) is 0 Å². The molecule has 5 heteroatoms. The van der Waals surface area contributed by atoms with Gasteiger partial charge in [0.25, 0.3) is 0 Å². The number of benzene rings is 2. The summed E-state index contributed by atoms with van der Waals surface area (Å²) in [6.45, 7) is 3.96. The number of hydrogen-bond acceptors (Lipinski definition) is 5. The third-order valence-electron chi connectivity index (χ3n) is 4.22. The lowest BCUT2D eigenvalue weighted by molar-refractivity contribution is -0.165. The fourth-order valence-electron chi connectivity index (χ4n) is 2.67. The SMILES string of the molecule is CCCCc1ccc(C(=O)OC(=O)C(OC(=O)CCC)c2ccccc2)cc1. The first-order valence-electron chi connectivity index (χ1n) is 9.64. The normalized spacial score (nSPS) is 11.5. The van der Waals surface area contributed by atoms with E-state index in [9.17, 15) is 14.4 Å². The van der Waals surface area contributed by atoms with E-state index in [0.29, 0.717) is 12.0 Å². The Kier molecular flexibility index (Phi) is 8.40. The molecule has 28 heavy (non-hydrogen) atoms. The molecular formula is C23H26O5. The molecule has 2 rings (SSSR count). The lowest BCUT2D eigenvalue weighted by atomic mass is 10.1. The van der Waals surface area contributed by atoms with Gasteiger partial charge in [0.1, 0.15) is 0 Å². The molecule has 0 heterocycles. The molecule has 5 nitrogen and oxygen atoms in total. The van der Waals surface area contributed by atoms with Gasteiger partial charge in [-0.05, 0) is 37.0 Å². The standard InChI is InChI=1S/C23H26O5/c1-3-5-10-17-13-15-19(16-14-17)22(25)28-23(26)21(27-20(24)9-4-2)18-11-7-6-8-12-18/h6-8,11-16,21H,3-5,9-10H2,1-2H3. The Balaban J connectivity index is 2.09. The average Bonchev–Trinajstić information content (AvgIpc) is 2.71. The lowest BCUT2D eigenvalue weighted by Crippen LogP contribution is -2.24. The molecule has 0 spiro atoms. The summed E-state index contributed by atoms with van der Waals surface area (Å²) in [5.41, 5.74) is 1.86. The maximum absolute atomic E-state index is 12.6. The monoisotopic (exact) mass is 382 g/mol. The van der Waals surface area contributed by atoms with Crippen molar-refractivity contribution in [2.24, 2.45) is 0 Å². The molecule has 0 aliphatic carbocycles. The Labute approximate surface area is 165 Å². The summed E-state index contributed by atoms with van der Waals surface area (Å²) in [4.78, 5) is 36.8. The van der Waals surface area contributed by atoms with E-state index in [-0.39, 0.29) is 12.0 Å². The summed E-state index contributed by atoms with van der Waals surface area (Å²) >= 11 is 0. The van der Waals surface area contributed by atoms with E-state index < -0.39 is 24.0 Å². The van der Waals surface area contributed by atoms with Gasteiger partial charge in [0.05, 0.1) is 5.56 Å². The number of unbranched alkanes of at least 4 members (excludes halogenated alkanes) is 1. The fourth-order valence-corrected chi connectivity index (χ4v) is 2.67. The number of aryl methyl sites for hydroxylation is 1. The summed E-state index contributed by atoms with van der Waals surface area (Å²) in [5.74, 6) is -2.18. The summed E-state index contributed by atoms with van der Waals surface area (Å²) in [7, 11) is 0. The largest absolute Gasteiger partial charge is 0.445 e. The zero-order valence-corrected chi connectivity index (χ0v) is 16.4. The number of carbonyl (C=O) groups excluding carboxylic acids is 3. The molecule has 0 saturated heterocycles. The fraction of sp³-hybridized carbons (Fsp3) is 0.348. The highest BCUT2D eigenvalue weighted by molar-refractivity contribution is 5.98. The summed E-state index contributed by atoms with van der Waals surface area (Å²) < 4.78 is 10.3. The quantitative estimate of drug-likeness (QED) is 0.460. The van der Waals surface area contributed by atoms with Crippen LogP contribution in [0.5, 0.6) is 0 Å². The van der Waals surface area contributed by atoms with Crippen LogP contribution in [0, 0.1) is 0 Å². The van der Waals surface area contributed by atoms with Crippen LogP contribution in [0.2, 0.25) is 0 Å². The Morgan fingerprint density at radius 2 is 1.57 bits per heavy atom. The van der Waals surface area contributed by atoms with Crippen LogP contribution in [0.1, 0.15) is 67.1 Å². The Bertz CT molecular complexity index is 780. The van der Waals surface area contributed by atoms with E-state index in [0.717, 1.165) is 24.8 Å². The molecule has 0 N–H and O–H groups in total. The van der Waals surface area contributed by atoms with Crippen molar-refractivity contribution >= 4 is 17.9 Å². The number of carbonyl (C=O) groups is 3. The van der Waals surface area contributed by atoms with Crippen molar-refractivity contribution in [2.75, 3.05) is 0 Å². The molecule has 0 aliphatic heterocycles. The molecule has 0 saturated carbocycles. The van der Waals surface area contributed by atoms with Gasteiger partial charge < -0.3 is 9.47 Å². The summed E-state index contributed by atoms with van der Waals surface area (Å²) in [5, 5.41) is 0. The van der Waals surface area contributed by atoms with Gasteiger partial charge in [0, 0.05) is 12.0 Å². The minimum Gasteiger partial charge on any atom is -0.445 e. The first kappa shape index (κ1) is 21.4. The predicted octanol–water partition coefficient (Wildman–Crippen LogP) is 4.80. The maximum atomic E-state index is 12.6. The van der Waals surface area contributed by atoms with Crippen molar-refractivity contribution in [1.82, 2.24) is 0 Å². The van der Waals surface area contributed by atoms with Gasteiger partial charge in [0.2, 0.25) is 6.10 Å². The van der Waals surface area contributed by atoms with E-state index in [4.69, 9.17) is 9.47 Å². The lowest BCUT2D eigenvalue weighted by Gasteiger charge is -2.16. The highest BCUT2D eigenvalue weighted by Gasteiger charge is 2.28. The predicted molar refractivity (Wildman–Crippen MR) is 106 cm³/mol. The topological polar surface area (TPSA) is 69.7 Å². The van der Waals surface area contributed by atoms with Crippen molar-refractivity contribution < 1.29 is 23.9 Å². The van der Waals surface area contributed by atoms with E-state index in [2.05, 4.69) is 6.92 Å². The van der Waals surface area contributed by atoms with Crippen LogP contribution in [0.3, 0.4) is 0 Å². The zero-order valence-electron chi connectivity index (χ0n) is 16.4. The second-order valence-electron chi connectivity index (χ2n) is 6.54. The molecule has 1 unspecified atom stereocenters. The van der Waals surface area contributed by atoms with Crippen molar-refractivity contribution in [1.29, 1.82) is 0 Å². The smallest absolute Gasteiger partial charge is 0.360 e. The number of rotatable bonds is 9. The molecule has 2 aromatic rings. The first-order chi connectivity index (χ1) is 13.5. The second-order valence-corrected chi connectivity index (χ2v) is 6.54. The zero-order chi connectivity index (χ0) is 20.4. The van der Waals surface area contributed by atoms with Crippen LogP contribution < -0.4 is 0 Å². The molecule has 0 radical (unpaired) electrons. The molecule has 0 aliphatic rings. The van der Waals surface area contributed by atoms with Crippen LogP contribution in [-0.2, 0) is 25.5 Å². The number of hydrogen-bond donors (Lipinski definition) is 0. The van der Waals surface area contributed by atoms with Gasteiger partial charge in [-0.15, -0.1) is 0 Å². The molecule has 0 bridgehead atoms. The minimum atomic E-state index is -1.27. The maximum Gasteiger partial charge on any atom is 0.360 e. The van der Waals surface area contributed by atoms with Gasteiger partial charge in [-0.25, -0.2) is 9.59 Å². The summed E-state index contributed by atoms with van der Waals surface area (Å²) in [6, 6.07) is 15.5. The van der Waals surface area contributed by atoms with Crippen LogP contribution in [0.4, 0.5) is 0 Å².